The lowest BCUT2D eigenvalue weighted by molar-refractivity contribution is 0.0696. The Morgan fingerprint density at radius 3 is 2.76 bits per heavy atom. The highest BCUT2D eigenvalue weighted by atomic mass is 16.4. The molecule has 0 spiro atoms. The van der Waals surface area contributed by atoms with Gasteiger partial charge in [-0.1, -0.05) is 0 Å². The number of fused-ring (bicyclic) bond motifs is 1. The summed E-state index contributed by atoms with van der Waals surface area (Å²) in [5.41, 5.74) is 1.86. The molecule has 0 saturated heterocycles. The van der Waals surface area contributed by atoms with E-state index in [1.54, 1.807) is 36.6 Å². The molecule has 3 aromatic heterocycles. The molecule has 0 aliphatic rings. The fourth-order valence-corrected chi connectivity index (χ4v) is 2.38. The summed E-state index contributed by atoms with van der Waals surface area (Å²) in [7, 11) is 0. The van der Waals surface area contributed by atoms with Gasteiger partial charge >= 0.3 is 5.97 Å². The quantitative estimate of drug-likeness (QED) is 0.525. The van der Waals surface area contributed by atoms with Crippen molar-refractivity contribution in [1.82, 2.24) is 9.97 Å². The number of carbonyl (C=O) groups excluding carboxylic acids is 1. The van der Waals surface area contributed by atoms with Gasteiger partial charge in [0, 0.05) is 11.8 Å². The average Bonchev–Trinajstić information content (AvgIpc) is 3.33. The molecule has 0 unspecified atom stereocenters. The zero-order valence-corrected chi connectivity index (χ0v) is 12.6. The van der Waals surface area contributed by atoms with E-state index in [0.717, 1.165) is 17.3 Å². The molecule has 0 radical (unpaired) electrons. The number of H-pyrrole nitrogens is 1. The summed E-state index contributed by atoms with van der Waals surface area (Å²) < 4.78 is 10.3. The van der Waals surface area contributed by atoms with E-state index in [2.05, 4.69) is 15.3 Å². The zero-order chi connectivity index (χ0) is 17.4. The summed E-state index contributed by atoms with van der Waals surface area (Å²) in [6.45, 7) is 0. The first-order valence-corrected chi connectivity index (χ1v) is 7.27. The SMILES string of the molecule is O=C(O)c1coc(C(=O)Nc2ccc3nc(-c4ccco4)[nH]c3c2)c1. The third-order valence-electron chi connectivity index (χ3n) is 3.56. The summed E-state index contributed by atoms with van der Waals surface area (Å²) in [4.78, 5) is 30.5. The molecule has 124 valence electrons. The van der Waals surface area contributed by atoms with E-state index < -0.39 is 11.9 Å². The number of imidazole rings is 1. The third-order valence-corrected chi connectivity index (χ3v) is 3.56. The highest BCUT2D eigenvalue weighted by Crippen LogP contribution is 2.23. The number of aromatic carboxylic acids is 1. The molecule has 0 atom stereocenters. The molecule has 25 heavy (non-hydrogen) atoms. The van der Waals surface area contributed by atoms with Crippen molar-refractivity contribution in [2.24, 2.45) is 0 Å². The number of carbonyl (C=O) groups is 2. The van der Waals surface area contributed by atoms with Crippen molar-refractivity contribution < 1.29 is 23.5 Å². The van der Waals surface area contributed by atoms with Crippen molar-refractivity contribution in [1.29, 1.82) is 0 Å². The largest absolute Gasteiger partial charge is 0.478 e. The van der Waals surface area contributed by atoms with Crippen molar-refractivity contribution in [2.45, 2.75) is 0 Å². The van der Waals surface area contributed by atoms with Gasteiger partial charge in [-0.25, -0.2) is 9.78 Å². The Hall–Kier alpha value is -3.81. The maximum Gasteiger partial charge on any atom is 0.338 e. The maximum absolute atomic E-state index is 12.1. The Balaban J connectivity index is 1.58. The van der Waals surface area contributed by atoms with Gasteiger partial charge in [-0.15, -0.1) is 0 Å². The van der Waals surface area contributed by atoms with Gasteiger partial charge < -0.3 is 24.2 Å². The van der Waals surface area contributed by atoms with Crippen molar-refractivity contribution >= 4 is 28.6 Å². The monoisotopic (exact) mass is 337 g/mol. The number of benzene rings is 1. The highest BCUT2D eigenvalue weighted by Gasteiger charge is 2.15. The van der Waals surface area contributed by atoms with Crippen LogP contribution in [0.25, 0.3) is 22.6 Å². The molecule has 0 fully saturated rings. The van der Waals surface area contributed by atoms with Crippen LogP contribution < -0.4 is 5.32 Å². The van der Waals surface area contributed by atoms with E-state index in [-0.39, 0.29) is 11.3 Å². The first-order valence-electron chi connectivity index (χ1n) is 7.27. The minimum atomic E-state index is -1.16. The molecule has 0 aliphatic heterocycles. The zero-order valence-electron chi connectivity index (χ0n) is 12.6. The van der Waals surface area contributed by atoms with Gasteiger partial charge in [0.05, 0.1) is 22.9 Å². The number of hydrogen-bond donors (Lipinski definition) is 3. The molecular weight excluding hydrogens is 326 g/mol. The van der Waals surface area contributed by atoms with Crippen LogP contribution in [0.3, 0.4) is 0 Å². The maximum atomic E-state index is 12.1. The molecule has 0 saturated carbocycles. The molecule has 1 amide bonds. The van der Waals surface area contributed by atoms with Crippen LogP contribution in [0.5, 0.6) is 0 Å². The van der Waals surface area contributed by atoms with E-state index in [1.807, 2.05) is 0 Å². The summed E-state index contributed by atoms with van der Waals surface area (Å²) in [6.07, 6.45) is 2.58. The number of nitrogens with one attached hydrogen (secondary N) is 2. The van der Waals surface area contributed by atoms with Crippen LogP contribution in [0.15, 0.2) is 57.8 Å². The second kappa shape index (κ2) is 5.68. The summed E-state index contributed by atoms with van der Waals surface area (Å²) in [5, 5.41) is 11.5. The molecule has 0 aliphatic carbocycles. The van der Waals surface area contributed by atoms with Crippen molar-refractivity contribution in [3.63, 3.8) is 0 Å². The minimum absolute atomic E-state index is 0.0848. The van der Waals surface area contributed by atoms with E-state index in [1.165, 1.54) is 6.07 Å². The lowest BCUT2D eigenvalue weighted by Crippen LogP contribution is -2.10. The smallest absolute Gasteiger partial charge is 0.338 e. The van der Waals surface area contributed by atoms with Crippen LogP contribution in [-0.4, -0.2) is 27.0 Å². The lowest BCUT2D eigenvalue weighted by atomic mass is 10.2. The Morgan fingerprint density at radius 1 is 1.16 bits per heavy atom. The number of anilines is 1. The topological polar surface area (TPSA) is 121 Å². The van der Waals surface area contributed by atoms with E-state index in [4.69, 9.17) is 13.9 Å². The van der Waals surface area contributed by atoms with Crippen LogP contribution in [0.2, 0.25) is 0 Å². The second-order valence-electron chi connectivity index (χ2n) is 5.25. The van der Waals surface area contributed by atoms with Crippen molar-refractivity contribution in [3.05, 3.63) is 60.2 Å². The fourth-order valence-electron chi connectivity index (χ4n) is 2.38. The molecule has 8 heteroatoms. The van der Waals surface area contributed by atoms with Gasteiger partial charge in [-0.05, 0) is 30.3 Å². The van der Waals surface area contributed by atoms with Crippen LogP contribution >= 0.6 is 0 Å². The number of aromatic nitrogens is 2. The number of carboxylic acids is 1. The van der Waals surface area contributed by atoms with Crippen LogP contribution in [-0.2, 0) is 0 Å². The highest BCUT2D eigenvalue weighted by molar-refractivity contribution is 6.04. The molecule has 8 nitrogen and oxygen atoms in total. The number of rotatable bonds is 4. The minimum Gasteiger partial charge on any atom is -0.478 e. The van der Waals surface area contributed by atoms with Crippen LogP contribution in [0, 0.1) is 0 Å². The average molecular weight is 337 g/mol. The molecule has 4 rings (SSSR count). The van der Waals surface area contributed by atoms with E-state index in [9.17, 15) is 9.59 Å². The fraction of sp³-hybridized carbons (Fsp3) is 0. The molecule has 3 heterocycles. The second-order valence-corrected chi connectivity index (χ2v) is 5.25. The Labute approximate surface area is 140 Å². The van der Waals surface area contributed by atoms with E-state index in [0.29, 0.717) is 17.3 Å². The number of nitrogens with zero attached hydrogens (tertiary/aromatic N) is 1. The first-order chi connectivity index (χ1) is 12.1. The predicted molar refractivity (Wildman–Crippen MR) is 87.4 cm³/mol. The standard InChI is InChI=1S/C17H11N3O5/c21-16(14-6-9(8-25-14)17(22)23)18-10-3-4-11-12(7-10)20-15(19-11)13-2-1-5-24-13/h1-8H,(H,18,21)(H,19,20)(H,22,23). The van der Waals surface area contributed by atoms with E-state index >= 15 is 0 Å². The van der Waals surface area contributed by atoms with Crippen LogP contribution in [0.4, 0.5) is 5.69 Å². The number of amides is 1. The normalized spacial score (nSPS) is 10.9. The number of aromatic amines is 1. The molecule has 3 N–H and O–H groups in total. The van der Waals surface area contributed by atoms with Gasteiger partial charge in [0.15, 0.2) is 17.3 Å². The number of hydrogen-bond acceptors (Lipinski definition) is 5. The lowest BCUT2D eigenvalue weighted by Gasteiger charge is -2.02. The van der Waals surface area contributed by atoms with Gasteiger partial charge in [-0.2, -0.15) is 0 Å². The Kier molecular flexibility index (Phi) is 3.35. The third kappa shape index (κ3) is 2.76. The first kappa shape index (κ1) is 14.8. The van der Waals surface area contributed by atoms with Crippen LogP contribution in [0.1, 0.15) is 20.9 Å². The number of furan rings is 2. The Morgan fingerprint density at radius 2 is 2.04 bits per heavy atom. The van der Waals surface area contributed by atoms with Crippen molar-refractivity contribution in [3.8, 4) is 11.6 Å². The molecule has 1 aromatic carbocycles. The number of carboxylic acid groups (broad SMARTS) is 1. The molecule has 0 bridgehead atoms. The molecular formula is C17H11N3O5. The Bertz CT molecular complexity index is 1080. The van der Waals surface area contributed by atoms with Gasteiger partial charge in [0.25, 0.3) is 5.91 Å². The van der Waals surface area contributed by atoms with Gasteiger partial charge in [0.1, 0.15) is 6.26 Å². The summed E-state index contributed by atoms with van der Waals surface area (Å²) in [5.74, 6) is -0.595. The van der Waals surface area contributed by atoms with Crippen molar-refractivity contribution in [2.75, 3.05) is 5.32 Å². The van der Waals surface area contributed by atoms with Gasteiger partial charge in [-0.3, -0.25) is 4.79 Å². The summed E-state index contributed by atoms with van der Waals surface area (Å²) >= 11 is 0. The van der Waals surface area contributed by atoms with Gasteiger partial charge in [0.2, 0.25) is 0 Å². The summed E-state index contributed by atoms with van der Waals surface area (Å²) in [6, 6.07) is 9.88. The molecule has 4 aromatic rings. The predicted octanol–water partition coefficient (Wildman–Crippen LogP) is 3.37.